The van der Waals surface area contributed by atoms with Crippen molar-refractivity contribution in [3.05, 3.63) is 35.9 Å². The Morgan fingerprint density at radius 3 is 2.70 bits per heavy atom. The first-order chi connectivity index (χ1) is 14.5. The minimum absolute atomic E-state index is 0.0170. The fourth-order valence-corrected chi connectivity index (χ4v) is 5.11. The fourth-order valence-electron chi connectivity index (χ4n) is 3.57. The third-order valence-corrected chi connectivity index (χ3v) is 6.66. The number of carbonyl (C=O) groups excluding carboxylic acids is 3. The van der Waals surface area contributed by atoms with Gasteiger partial charge in [-0.2, -0.15) is 11.8 Å². The summed E-state index contributed by atoms with van der Waals surface area (Å²) in [5, 5.41) is 21.1. The van der Waals surface area contributed by atoms with E-state index >= 15 is 0 Å². The lowest BCUT2D eigenvalue weighted by Gasteiger charge is -2.16. The van der Waals surface area contributed by atoms with E-state index in [1.165, 1.54) is 6.08 Å². The van der Waals surface area contributed by atoms with Crippen molar-refractivity contribution < 1.29 is 19.5 Å². The monoisotopic (exact) mass is 432 g/mol. The van der Waals surface area contributed by atoms with Gasteiger partial charge in [-0.25, -0.2) is 4.79 Å². The molecule has 0 radical (unpaired) electrons. The van der Waals surface area contributed by atoms with Crippen molar-refractivity contribution in [1.29, 1.82) is 0 Å². The number of phenols is 1. The first-order valence-electron chi connectivity index (χ1n) is 10.2. The lowest BCUT2D eigenvalue weighted by atomic mass is 10.0. The number of unbranched alkanes of at least 4 members (excludes halogenated alkanes) is 1. The van der Waals surface area contributed by atoms with Gasteiger partial charge in [-0.05, 0) is 36.6 Å². The average Bonchev–Trinajstić information content (AvgIpc) is 3.27. The number of urea groups is 1. The minimum atomic E-state index is -0.238. The number of benzene rings is 1. The molecule has 1 aromatic rings. The first kappa shape index (κ1) is 22.0. The molecule has 2 heterocycles. The first-order valence-corrected chi connectivity index (χ1v) is 11.3. The van der Waals surface area contributed by atoms with Crippen LogP contribution in [0.3, 0.4) is 0 Å². The zero-order chi connectivity index (χ0) is 21.3. The smallest absolute Gasteiger partial charge is 0.315 e. The Morgan fingerprint density at radius 2 is 1.90 bits per heavy atom. The Morgan fingerprint density at radius 1 is 1.13 bits per heavy atom. The summed E-state index contributed by atoms with van der Waals surface area (Å²) in [4.78, 5) is 35.1. The Bertz CT molecular complexity index is 784. The number of carbonyl (C=O) groups is 3. The van der Waals surface area contributed by atoms with Gasteiger partial charge in [0, 0.05) is 36.6 Å². The maximum Gasteiger partial charge on any atom is 0.315 e. The summed E-state index contributed by atoms with van der Waals surface area (Å²) in [6.45, 7) is 0.747. The van der Waals surface area contributed by atoms with Crippen molar-refractivity contribution in [3.8, 4) is 5.75 Å². The van der Waals surface area contributed by atoms with E-state index in [1.54, 1.807) is 30.3 Å². The highest BCUT2D eigenvalue weighted by Gasteiger charge is 2.42. The maximum absolute atomic E-state index is 11.9. The molecular formula is C21H28N4O4S. The van der Waals surface area contributed by atoms with Crippen LogP contribution in [-0.2, 0) is 9.59 Å². The van der Waals surface area contributed by atoms with Gasteiger partial charge in [-0.15, -0.1) is 0 Å². The van der Waals surface area contributed by atoms with Crippen molar-refractivity contribution in [2.24, 2.45) is 0 Å². The zero-order valence-corrected chi connectivity index (χ0v) is 17.5. The van der Waals surface area contributed by atoms with Crippen LogP contribution in [0.2, 0.25) is 0 Å². The van der Waals surface area contributed by atoms with Crippen LogP contribution in [0.25, 0.3) is 6.08 Å². The van der Waals surface area contributed by atoms with E-state index in [2.05, 4.69) is 21.3 Å². The van der Waals surface area contributed by atoms with Crippen molar-refractivity contribution >= 4 is 35.7 Å². The van der Waals surface area contributed by atoms with Crippen molar-refractivity contribution in [2.75, 3.05) is 18.8 Å². The lowest BCUT2D eigenvalue weighted by molar-refractivity contribution is -0.121. The zero-order valence-electron chi connectivity index (χ0n) is 16.7. The van der Waals surface area contributed by atoms with Crippen molar-refractivity contribution in [1.82, 2.24) is 21.3 Å². The summed E-state index contributed by atoms with van der Waals surface area (Å²) in [6.07, 6.45) is 6.29. The summed E-state index contributed by atoms with van der Waals surface area (Å²) in [5.74, 6) is 0.873. The van der Waals surface area contributed by atoms with Crippen molar-refractivity contribution in [3.63, 3.8) is 0 Å². The topological polar surface area (TPSA) is 120 Å². The van der Waals surface area contributed by atoms with Crippen LogP contribution in [0.1, 0.15) is 31.2 Å². The van der Waals surface area contributed by atoms with Gasteiger partial charge in [-0.3, -0.25) is 9.59 Å². The van der Waals surface area contributed by atoms with Gasteiger partial charge in [0.2, 0.25) is 11.8 Å². The van der Waals surface area contributed by atoms with Crippen LogP contribution in [0.15, 0.2) is 30.3 Å². The van der Waals surface area contributed by atoms with E-state index in [-0.39, 0.29) is 35.7 Å². The molecule has 2 saturated heterocycles. The highest BCUT2D eigenvalue weighted by Crippen LogP contribution is 2.33. The number of rotatable bonds is 10. The Kier molecular flexibility index (Phi) is 8.01. The number of thioether (sulfide) groups is 1. The van der Waals surface area contributed by atoms with Gasteiger partial charge >= 0.3 is 6.03 Å². The average molecular weight is 433 g/mol. The highest BCUT2D eigenvalue weighted by atomic mass is 32.2. The Balaban J connectivity index is 1.21. The molecule has 30 heavy (non-hydrogen) atoms. The van der Waals surface area contributed by atoms with E-state index in [4.69, 9.17) is 0 Å². The molecule has 3 atom stereocenters. The highest BCUT2D eigenvalue weighted by molar-refractivity contribution is 8.00. The molecule has 3 rings (SSSR count). The molecule has 162 valence electrons. The number of fused-ring (bicyclic) bond motifs is 1. The molecule has 0 spiro atoms. The van der Waals surface area contributed by atoms with E-state index in [1.807, 2.05) is 11.8 Å². The molecule has 3 unspecified atom stereocenters. The number of amides is 4. The molecule has 0 aliphatic carbocycles. The second-order valence-corrected chi connectivity index (χ2v) is 8.71. The molecule has 2 aliphatic rings. The molecule has 1 aromatic carbocycles. The third-order valence-electron chi connectivity index (χ3n) is 5.15. The second-order valence-electron chi connectivity index (χ2n) is 7.43. The van der Waals surface area contributed by atoms with Gasteiger partial charge in [0.1, 0.15) is 5.75 Å². The normalized spacial score (nSPS) is 22.4. The van der Waals surface area contributed by atoms with Gasteiger partial charge < -0.3 is 26.4 Å². The quantitative estimate of drug-likeness (QED) is 0.217. The molecule has 2 fully saturated rings. The third kappa shape index (κ3) is 6.69. The van der Waals surface area contributed by atoms with E-state index in [9.17, 15) is 19.5 Å². The predicted octanol–water partition coefficient (Wildman–Crippen LogP) is 1.36. The molecule has 2 aliphatic heterocycles. The van der Waals surface area contributed by atoms with Gasteiger partial charge in [0.15, 0.2) is 0 Å². The molecule has 4 amide bonds. The number of hydrogen-bond donors (Lipinski definition) is 5. The summed E-state index contributed by atoms with van der Waals surface area (Å²) in [7, 11) is 0. The molecule has 0 saturated carbocycles. The van der Waals surface area contributed by atoms with Crippen LogP contribution in [0.5, 0.6) is 5.75 Å². The number of phenolic OH excluding ortho intramolecular Hbond substituents is 1. The minimum Gasteiger partial charge on any atom is -0.508 e. The molecule has 8 nitrogen and oxygen atoms in total. The standard InChI is InChI=1S/C21H28N4O4S/c26-15-8-5-14(6-9-15)7-10-19(28)23-12-11-22-18(27)4-2-1-3-17-20-16(13-30-17)24-21(29)25-20/h5-10,16-17,20,26H,1-4,11-13H2,(H,22,27)(H,23,28)(H2,24,25,29)/b10-7+. The number of hydrogen-bond acceptors (Lipinski definition) is 5. The van der Waals surface area contributed by atoms with Crippen LogP contribution in [0.4, 0.5) is 4.79 Å². The maximum atomic E-state index is 11.9. The van der Waals surface area contributed by atoms with E-state index in [0.717, 1.165) is 30.6 Å². The summed E-state index contributed by atoms with van der Waals surface area (Å²) >= 11 is 1.88. The molecular weight excluding hydrogens is 404 g/mol. The lowest BCUT2D eigenvalue weighted by Crippen LogP contribution is -2.36. The van der Waals surface area contributed by atoms with E-state index < -0.39 is 0 Å². The Labute approximate surface area is 180 Å². The van der Waals surface area contributed by atoms with Gasteiger partial charge in [0.05, 0.1) is 12.1 Å². The van der Waals surface area contributed by atoms with Crippen LogP contribution >= 0.6 is 11.8 Å². The number of nitrogens with one attached hydrogen (secondary N) is 4. The molecule has 9 heteroatoms. The van der Waals surface area contributed by atoms with Crippen LogP contribution in [-0.4, -0.2) is 59.1 Å². The molecule has 0 aromatic heterocycles. The SMILES string of the molecule is O=C(/C=C/c1ccc(O)cc1)NCCNC(=O)CCCCC1SCC2NC(=O)NC21. The summed E-state index contributed by atoms with van der Waals surface area (Å²) < 4.78 is 0. The molecule has 0 bridgehead atoms. The predicted molar refractivity (Wildman–Crippen MR) is 117 cm³/mol. The fraction of sp³-hybridized carbons (Fsp3) is 0.476. The van der Waals surface area contributed by atoms with Gasteiger partial charge in [0.25, 0.3) is 0 Å². The Hall–Kier alpha value is -2.68. The van der Waals surface area contributed by atoms with Gasteiger partial charge in [-0.1, -0.05) is 18.6 Å². The van der Waals surface area contributed by atoms with E-state index in [0.29, 0.717) is 24.8 Å². The molecule has 5 N–H and O–H groups in total. The van der Waals surface area contributed by atoms with Crippen molar-refractivity contribution in [2.45, 2.75) is 43.0 Å². The van der Waals surface area contributed by atoms with Crippen LogP contribution < -0.4 is 21.3 Å². The largest absolute Gasteiger partial charge is 0.508 e. The van der Waals surface area contributed by atoms with Crippen LogP contribution in [0, 0.1) is 0 Å². The number of aromatic hydroxyl groups is 1. The summed E-state index contributed by atoms with van der Waals surface area (Å²) in [5.41, 5.74) is 0.814. The summed E-state index contributed by atoms with van der Waals surface area (Å²) in [6, 6.07) is 6.91. The second kappa shape index (κ2) is 10.9.